The molecule has 1 aromatic carbocycles. The van der Waals surface area contributed by atoms with Crippen LogP contribution in [0.25, 0.3) is 0 Å². The van der Waals surface area contributed by atoms with Crippen LogP contribution < -0.4 is 5.32 Å². The number of nitrogens with zero attached hydrogens (tertiary/aromatic N) is 1. The first kappa shape index (κ1) is 16.1. The van der Waals surface area contributed by atoms with Crippen molar-refractivity contribution in [3.05, 3.63) is 51.2 Å². The molecule has 5 heteroatoms. The van der Waals surface area contributed by atoms with Crippen LogP contribution in [0.1, 0.15) is 47.1 Å². The summed E-state index contributed by atoms with van der Waals surface area (Å²) in [5, 5.41) is 14.6. The van der Waals surface area contributed by atoms with E-state index < -0.39 is 6.10 Å². The molecule has 2 N–H and O–H groups in total. The number of rotatable bonds is 6. The van der Waals surface area contributed by atoms with Gasteiger partial charge in [0.15, 0.2) is 0 Å². The van der Waals surface area contributed by atoms with Crippen molar-refractivity contribution < 1.29 is 9.50 Å². The first-order valence-corrected chi connectivity index (χ1v) is 7.96. The largest absolute Gasteiger partial charge is 0.387 e. The van der Waals surface area contributed by atoms with E-state index in [9.17, 15) is 9.50 Å². The van der Waals surface area contributed by atoms with Gasteiger partial charge in [-0.2, -0.15) is 0 Å². The minimum atomic E-state index is -0.646. The Morgan fingerprint density at radius 1 is 1.33 bits per heavy atom. The molecule has 0 aliphatic rings. The van der Waals surface area contributed by atoms with Crippen LogP contribution in [0, 0.1) is 12.7 Å². The lowest BCUT2D eigenvalue weighted by Crippen LogP contribution is -2.24. The number of thiazole rings is 1. The second-order valence-corrected chi connectivity index (χ2v) is 6.22. The number of benzene rings is 1. The molecule has 3 nitrogen and oxygen atoms in total. The number of nitrogens with one attached hydrogen (secondary N) is 1. The number of hydrogen-bond acceptors (Lipinski definition) is 4. The monoisotopic (exact) mass is 308 g/mol. The van der Waals surface area contributed by atoms with Crippen LogP contribution in [0.5, 0.6) is 0 Å². The van der Waals surface area contributed by atoms with E-state index in [1.54, 1.807) is 23.5 Å². The van der Waals surface area contributed by atoms with Crippen molar-refractivity contribution in [2.75, 3.05) is 6.54 Å². The van der Waals surface area contributed by atoms with Gasteiger partial charge in [-0.25, -0.2) is 9.37 Å². The Balaban J connectivity index is 1.95. The van der Waals surface area contributed by atoms with Gasteiger partial charge in [0.25, 0.3) is 0 Å². The molecular formula is C16H21FN2OS. The van der Waals surface area contributed by atoms with Crippen LogP contribution in [0.2, 0.25) is 0 Å². The molecule has 1 aromatic heterocycles. The SMILES string of the molecule is CCc1nc(C)c(C(C)NCC(O)c2ccc(F)cc2)s1. The molecule has 2 atom stereocenters. The number of aromatic nitrogens is 1. The topological polar surface area (TPSA) is 45.2 Å². The molecule has 0 bridgehead atoms. The van der Waals surface area contributed by atoms with Gasteiger partial charge in [0.05, 0.1) is 16.8 Å². The third kappa shape index (κ3) is 4.09. The van der Waals surface area contributed by atoms with E-state index in [0.29, 0.717) is 12.1 Å². The van der Waals surface area contributed by atoms with E-state index in [2.05, 4.69) is 24.1 Å². The van der Waals surface area contributed by atoms with Gasteiger partial charge in [0.1, 0.15) is 5.82 Å². The predicted molar refractivity (Wildman–Crippen MR) is 84.0 cm³/mol. The van der Waals surface area contributed by atoms with Crippen molar-refractivity contribution in [3.8, 4) is 0 Å². The highest BCUT2D eigenvalue weighted by molar-refractivity contribution is 7.11. The molecule has 0 amide bonds. The summed E-state index contributed by atoms with van der Waals surface area (Å²) < 4.78 is 12.9. The van der Waals surface area contributed by atoms with Gasteiger partial charge in [0, 0.05) is 17.5 Å². The van der Waals surface area contributed by atoms with Crippen molar-refractivity contribution in [2.45, 2.75) is 39.3 Å². The Morgan fingerprint density at radius 2 is 2.00 bits per heavy atom. The van der Waals surface area contributed by atoms with Gasteiger partial charge in [-0.3, -0.25) is 0 Å². The molecule has 0 aliphatic carbocycles. The van der Waals surface area contributed by atoms with Crippen LogP contribution >= 0.6 is 11.3 Å². The third-order valence-electron chi connectivity index (χ3n) is 3.44. The molecule has 0 saturated heterocycles. The van der Waals surface area contributed by atoms with Gasteiger partial charge in [0.2, 0.25) is 0 Å². The maximum absolute atomic E-state index is 12.9. The first-order valence-electron chi connectivity index (χ1n) is 7.14. The highest BCUT2D eigenvalue weighted by Crippen LogP contribution is 2.25. The number of hydrogen-bond donors (Lipinski definition) is 2. The summed E-state index contributed by atoms with van der Waals surface area (Å²) in [7, 11) is 0. The second kappa shape index (κ2) is 7.11. The Labute approximate surface area is 128 Å². The van der Waals surface area contributed by atoms with Crippen LogP contribution in [0.3, 0.4) is 0 Å². The summed E-state index contributed by atoms with van der Waals surface area (Å²) in [4.78, 5) is 5.73. The van der Waals surface area contributed by atoms with E-state index in [0.717, 1.165) is 17.1 Å². The average molecular weight is 308 g/mol. The number of aliphatic hydroxyl groups is 1. The van der Waals surface area contributed by atoms with Crippen molar-refractivity contribution in [1.29, 1.82) is 0 Å². The quantitative estimate of drug-likeness (QED) is 0.858. The van der Waals surface area contributed by atoms with Crippen molar-refractivity contribution in [3.63, 3.8) is 0 Å². The van der Waals surface area contributed by atoms with Gasteiger partial charge in [-0.15, -0.1) is 11.3 Å². The fourth-order valence-corrected chi connectivity index (χ4v) is 3.24. The zero-order valence-electron chi connectivity index (χ0n) is 12.6. The van der Waals surface area contributed by atoms with E-state index in [1.807, 2.05) is 6.92 Å². The van der Waals surface area contributed by atoms with Crippen molar-refractivity contribution >= 4 is 11.3 Å². The summed E-state index contributed by atoms with van der Waals surface area (Å²) in [6.07, 6.45) is 0.295. The minimum Gasteiger partial charge on any atom is -0.387 e. The standard InChI is InChI=1S/C16H21FN2OS/c1-4-15-19-11(3)16(21-15)10(2)18-9-14(20)12-5-7-13(17)8-6-12/h5-8,10,14,18,20H,4,9H2,1-3H3. The molecule has 0 fully saturated rings. The summed E-state index contributed by atoms with van der Waals surface area (Å²) in [5.74, 6) is -0.292. The fourth-order valence-electron chi connectivity index (χ4n) is 2.20. The maximum atomic E-state index is 12.9. The van der Waals surface area contributed by atoms with Crippen LogP contribution in [0.15, 0.2) is 24.3 Å². The molecule has 0 radical (unpaired) electrons. The minimum absolute atomic E-state index is 0.137. The summed E-state index contributed by atoms with van der Waals surface area (Å²) >= 11 is 1.71. The zero-order chi connectivity index (χ0) is 15.4. The first-order chi connectivity index (χ1) is 10.0. The van der Waals surface area contributed by atoms with Gasteiger partial charge in [-0.1, -0.05) is 19.1 Å². The van der Waals surface area contributed by atoms with Gasteiger partial charge >= 0.3 is 0 Å². The lowest BCUT2D eigenvalue weighted by atomic mass is 10.1. The maximum Gasteiger partial charge on any atom is 0.123 e. The normalized spacial score (nSPS) is 14.1. The van der Waals surface area contributed by atoms with Crippen LogP contribution in [0.4, 0.5) is 4.39 Å². The molecule has 0 spiro atoms. The van der Waals surface area contributed by atoms with E-state index in [1.165, 1.54) is 17.0 Å². The molecule has 2 aromatic rings. The number of aryl methyl sites for hydroxylation is 2. The van der Waals surface area contributed by atoms with Gasteiger partial charge < -0.3 is 10.4 Å². The van der Waals surface area contributed by atoms with Crippen LogP contribution in [-0.4, -0.2) is 16.6 Å². The fraction of sp³-hybridized carbons (Fsp3) is 0.438. The Morgan fingerprint density at radius 3 is 2.57 bits per heavy atom. The van der Waals surface area contributed by atoms with Gasteiger partial charge in [-0.05, 0) is 38.0 Å². The molecular weight excluding hydrogens is 287 g/mol. The zero-order valence-corrected chi connectivity index (χ0v) is 13.4. The number of aliphatic hydroxyl groups excluding tert-OH is 1. The highest BCUT2D eigenvalue weighted by atomic mass is 32.1. The molecule has 1 heterocycles. The Hall–Kier alpha value is -1.30. The number of halogens is 1. The molecule has 21 heavy (non-hydrogen) atoms. The molecule has 2 unspecified atom stereocenters. The van der Waals surface area contributed by atoms with Crippen molar-refractivity contribution in [1.82, 2.24) is 10.3 Å². The molecule has 2 rings (SSSR count). The summed E-state index contributed by atoms with van der Waals surface area (Å²) in [5.41, 5.74) is 1.76. The van der Waals surface area contributed by atoms with E-state index >= 15 is 0 Å². The lowest BCUT2D eigenvalue weighted by molar-refractivity contribution is 0.171. The Bertz CT molecular complexity index is 582. The highest BCUT2D eigenvalue weighted by Gasteiger charge is 2.15. The second-order valence-electron chi connectivity index (χ2n) is 5.11. The smallest absolute Gasteiger partial charge is 0.123 e. The Kier molecular flexibility index (Phi) is 5.45. The average Bonchev–Trinajstić information content (AvgIpc) is 2.86. The lowest BCUT2D eigenvalue weighted by Gasteiger charge is -2.17. The van der Waals surface area contributed by atoms with E-state index in [-0.39, 0.29) is 11.9 Å². The molecule has 114 valence electrons. The van der Waals surface area contributed by atoms with Crippen molar-refractivity contribution in [2.24, 2.45) is 0 Å². The summed E-state index contributed by atoms with van der Waals surface area (Å²) in [6, 6.07) is 6.09. The molecule has 0 aliphatic heterocycles. The van der Waals surface area contributed by atoms with E-state index in [4.69, 9.17) is 0 Å². The summed E-state index contributed by atoms with van der Waals surface area (Å²) in [6.45, 7) is 6.60. The molecule has 0 saturated carbocycles. The third-order valence-corrected chi connectivity index (χ3v) is 4.93. The van der Waals surface area contributed by atoms with Crippen LogP contribution in [-0.2, 0) is 6.42 Å². The predicted octanol–water partition coefficient (Wildman–Crippen LogP) is 3.54.